The number of carbonyl (C=O) groups excluding carboxylic acids is 2. The van der Waals surface area contributed by atoms with E-state index in [0.717, 1.165) is 16.3 Å². The molecule has 5 nitrogen and oxygen atoms in total. The lowest BCUT2D eigenvalue weighted by atomic mass is 10.1. The molecule has 0 saturated carbocycles. The minimum atomic E-state index is -0.299. The Hall–Kier alpha value is -1.73. The van der Waals surface area contributed by atoms with Gasteiger partial charge in [-0.1, -0.05) is 0 Å². The van der Waals surface area contributed by atoms with Gasteiger partial charge in [-0.25, -0.2) is 4.98 Å². The zero-order valence-electron chi connectivity index (χ0n) is 12.8. The van der Waals surface area contributed by atoms with Crippen molar-refractivity contribution in [1.29, 1.82) is 0 Å². The van der Waals surface area contributed by atoms with E-state index in [1.807, 2.05) is 43.0 Å². The van der Waals surface area contributed by atoms with Crippen LogP contribution in [0, 0.1) is 0 Å². The second-order valence-corrected chi connectivity index (χ2v) is 7.55. The van der Waals surface area contributed by atoms with Gasteiger partial charge >= 0.3 is 0 Å². The molecule has 0 unspecified atom stereocenters. The van der Waals surface area contributed by atoms with Crippen LogP contribution in [0.4, 0.5) is 0 Å². The second-order valence-electron chi connectivity index (χ2n) is 5.91. The van der Waals surface area contributed by atoms with Crippen molar-refractivity contribution < 1.29 is 9.59 Å². The van der Waals surface area contributed by atoms with Crippen LogP contribution in [0.3, 0.4) is 0 Å². The molecular formula is C15H19N3O2S2. The Kier molecular flexibility index (Phi) is 5.31. The first-order valence-corrected chi connectivity index (χ1v) is 8.70. The van der Waals surface area contributed by atoms with Gasteiger partial charge in [-0.2, -0.15) is 11.3 Å². The molecular weight excluding hydrogens is 318 g/mol. The lowest BCUT2D eigenvalue weighted by Crippen LogP contribution is -2.46. The predicted octanol–water partition coefficient (Wildman–Crippen LogP) is 2.45. The van der Waals surface area contributed by atoms with Crippen molar-refractivity contribution in [2.75, 3.05) is 6.54 Å². The Morgan fingerprint density at radius 3 is 2.64 bits per heavy atom. The van der Waals surface area contributed by atoms with Gasteiger partial charge in [-0.15, -0.1) is 11.3 Å². The maximum atomic E-state index is 11.9. The first kappa shape index (κ1) is 16.6. The van der Waals surface area contributed by atoms with Gasteiger partial charge in [0.15, 0.2) is 0 Å². The minimum Gasteiger partial charge on any atom is -0.350 e. The summed E-state index contributed by atoms with van der Waals surface area (Å²) in [5.74, 6) is -0.399. The standard InChI is InChI=1S/C15H19N3O2S2/c1-15(2,3)18-13(20)7-16-12(19)6-11-9-22-14(17-11)10-4-5-21-8-10/h4-5,8-9H,6-7H2,1-3H3,(H,16,19)(H,18,20). The molecule has 2 N–H and O–H groups in total. The molecule has 0 fully saturated rings. The van der Waals surface area contributed by atoms with Crippen LogP contribution in [0.25, 0.3) is 10.6 Å². The smallest absolute Gasteiger partial charge is 0.239 e. The number of aromatic nitrogens is 1. The van der Waals surface area contributed by atoms with E-state index in [1.165, 1.54) is 11.3 Å². The van der Waals surface area contributed by atoms with Crippen LogP contribution in [0.1, 0.15) is 26.5 Å². The highest BCUT2D eigenvalue weighted by Crippen LogP contribution is 2.25. The van der Waals surface area contributed by atoms with Crippen molar-refractivity contribution in [2.24, 2.45) is 0 Å². The molecule has 2 rings (SSSR count). The number of nitrogens with zero attached hydrogens (tertiary/aromatic N) is 1. The summed E-state index contributed by atoms with van der Waals surface area (Å²) in [4.78, 5) is 27.9. The molecule has 0 bridgehead atoms. The average Bonchev–Trinajstić information content (AvgIpc) is 3.04. The largest absolute Gasteiger partial charge is 0.350 e. The Morgan fingerprint density at radius 1 is 1.23 bits per heavy atom. The molecule has 0 aliphatic rings. The quantitative estimate of drug-likeness (QED) is 0.880. The molecule has 0 saturated heterocycles. The highest BCUT2D eigenvalue weighted by molar-refractivity contribution is 7.14. The van der Waals surface area contributed by atoms with Crippen LogP contribution in [0.15, 0.2) is 22.2 Å². The van der Waals surface area contributed by atoms with Crippen molar-refractivity contribution in [3.63, 3.8) is 0 Å². The van der Waals surface area contributed by atoms with E-state index in [9.17, 15) is 9.59 Å². The summed E-state index contributed by atoms with van der Waals surface area (Å²) in [6.45, 7) is 5.67. The number of nitrogens with one attached hydrogen (secondary N) is 2. The van der Waals surface area contributed by atoms with Gasteiger partial charge in [0.2, 0.25) is 11.8 Å². The summed E-state index contributed by atoms with van der Waals surface area (Å²) in [6, 6.07) is 2.00. The second kappa shape index (κ2) is 7.02. The van der Waals surface area contributed by atoms with Crippen molar-refractivity contribution in [1.82, 2.24) is 15.6 Å². The molecule has 2 aromatic heterocycles. The number of carbonyl (C=O) groups is 2. The lowest BCUT2D eigenvalue weighted by Gasteiger charge is -2.20. The minimum absolute atomic E-state index is 0.0162. The summed E-state index contributed by atoms with van der Waals surface area (Å²) < 4.78 is 0. The summed E-state index contributed by atoms with van der Waals surface area (Å²) in [5, 5.41) is 12.2. The summed E-state index contributed by atoms with van der Waals surface area (Å²) >= 11 is 3.13. The number of amides is 2. The van der Waals surface area contributed by atoms with E-state index in [4.69, 9.17) is 0 Å². The van der Waals surface area contributed by atoms with Crippen molar-refractivity contribution in [2.45, 2.75) is 32.7 Å². The number of thiophene rings is 1. The summed E-state index contributed by atoms with van der Waals surface area (Å²) in [7, 11) is 0. The molecule has 2 heterocycles. The molecule has 0 aliphatic heterocycles. The third-order valence-corrected chi connectivity index (χ3v) is 4.25. The first-order valence-electron chi connectivity index (χ1n) is 6.88. The van der Waals surface area contributed by atoms with E-state index in [1.54, 1.807) is 11.3 Å². The van der Waals surface area contributed by atoms with E-state index in [0.29, 0.717) is 0 Å². The highest BCUT2D eigenvalue weighted by Gasteiger charge is 2.15. The Bertz CT molecular complexity index is 642. The molecule has 0 spiro atoms. The van der Waals surface area contributed by atoms with Gasteiger partial charge < -0.3 is 10.6 Å². The van der Waals surface area contributed by atoms with Crippen molar-refractivity contribution >= 4 is 34.5 Å². The van der Waals surface area contributed by atoms with E-state index >= 15 is 0 Å². The Labute approximate surface area is 137 Å². The first-order chi connectivity index (χ1) is 10.3. The molecule has 0 aromatic carbocycles. The predicted molar refractivity (Wildman–Crippen MR) is 90.0 cm³/mol. The van der Waals surface area contributed by atoms with Crippen LogP contribution in [-0.4, -0.2) is 28.9 Å². The maximum absolute atomic E-state index is 11.9. The SMILES string of the molecule is CC(C)(C)NC(=O)CNC(=O)Cc1csc(-c2ccsc2)n1. The summed E-state index contributed by atoms with van der Waals surface area (Å²) in [5.41, 5.74) is 1.50. The lowest BCUT2D eigenvalue weighted by molar-refractivity contribution is -0.126. The molecule has 7 heteroatoms. The van der Waals surface area contributed by atoms with E-state index < -0.39 is 0 Å². The van der Waals surface area contributed by atoms with Crippen LogP contribution in [0.2, 0.25) is 0 Å². The Balaban J connectivity index is 1.81. The zero-order valence-corrected chi connectivity index (χ0v) is 14.4. The maximum Gasteiger partial charge on any atom is 0.239 e. The molecule has 22 heavy (non-hydrogen) atoms. The molecule has 0 atom stereocenters. The fourth-order valence-corrected chi connectivity index (χ4v) is 3.31. The topological polar surface area (TPSA) is 71.1 Å². The molecule has 2 amide bonds. The van der Waals surface area contributed by atoms with E-state index in [-0.39, 0.29) is 30.3 Å². The van der Waals surface area contributed by atoms with Gasteiger partial charge in [0.1, 0.15) is 5.01 Å². The molecule has 118 valence electrons. The normalized spacial score (nSPS) is 11.2. The monoisotopic (exact) mass is 337 g/mol. The number of thiazole rings is 1. The number of hydrogen-bond acceptors (Lipinski definition) is 5. The van der Waals surface area contributed by atoms with Gasteiger partial charge in [-0.3, -0.25) is 9.59 Å². The van der Waals surface area contributed by atoms with Crippen LogP contribution >= 0.6 is 22.7 Å². The van der Waals surface area contributed by atoms with Crippen molar-refractivity contribution in [3.8, 4) is 10.6 Å². The average molecular weight is 337 g/mol. The van der Waals surface area contributed by atoms with Crippen LogP contribution < -0.4 is 10.6 Å². The summed E-state index contributed by atoms with van der Waals surface area (Å²) in [6.07, 6.45) is 0.184. The molecule has 0 radical (unpaired) electrons. The number of hydrogen-bond donors (Lipinski definition) is 2. The highest BCUT2D eigenvalue weighted by atomic mass is 32.1. The van der Waals surface area contributed by atoms with Gasteiger partial charge in [0, 0.05) is 21.9 Å². The van der Waals surface area contributed by atoms with Crippen molar-refractivity contribution in [3.05, 3.63) is 27.9 Å². The zero-order chi connectivity index (χ0) is 16.2. The third kappa shape index (κ3) is 5.23. The number of rotatable bonds is 5. The van der Waals surface area contributed by atoms with Gasteiger partial charge in [0.05, 0.1) is 18.7 Å². The van der Waals surface area contributed by atoms with Gasteiger partial charge in [-0.05, 0) is 32.2 Å². The van der Waals surface area contributed by atoms with Crippen LogP contribution in [-0.2, 0) is 16.0 Å². The fraction of sp³-hybridized carbons (Fsp3) is 0.400. The molecule has 2 aromatic rings. The van der Waals surface area contributed by atoms with Crippen LogP contribution in [0.5, 0.6) is 0 Å². The fourth-order valence-electron chi connectivity index (χ4n) is 1.78. The Morgan fingerprint density at radius 2 is 2.00 bits per heavy atom. The molecule has 0 aliphatic carbocycles. The van der Waals surface area contributed by atoms with E-state index in [2.05, 4.69) is 15.6 Å². The third-order valence-electron chi connectivity index (χ3n) is 2.62. The van der Waals surface area contributed by atoms with Gasteiger partial charge in [0.25, 0.3) is 0 Å².